The number of hydrogen-bond acceptors (Lipinski definition) is 3. The van der Waals surface area contributed by atoms with Crippen LogP contribution in [-0.2, 0) is 6.61 Å². The van der Waals surface area contributed by atoms with Gasteiger partial charge in [-0.15, -0.1) is 0 Å². The van der Waals surface area contributed by atoms with Crippen LogP contribution in [0.1, 0.15) is 15.9 Å². The van der Waals surface area contributed by atoms with Crippen LogP contribution in [0.3, 0.4) is 0 Å². The largest absolute Gasteiger partial charge is 0.478 e. The zero-order valence-corrected chi connectivity index (χ0v) is 9.84. The Morgan fingerprint density at radius 3 is 2.63 bits per heavy atom. The summed E-state index contributed by atoms with van der Waals surface area (Å²) in [5.74, 6) is -2.11. The molecule has 0 aliphatic rings. The van der Waals surface area contributed by atoms with E-state index in [0.717, 1.165) is 6.07 Å². The lowest BCUT2D eigenvalue weighted by molar-refractivity contribution is 0.0693. The first-order chi connectivity index (χ1) is 9.11. The van der Waals surface area contributed by atoms with E-state index < -0.39 is 11.8 Å². The van der Waals surface area contributed by atoms with Gasteiger partial charge in [-0.2, -0.15) is 0 Å². The molecular weight excluding hydrogens is 251 g/mol. The Kier molecular flexibility index (Phi) is 3.77. The first kappa shape index (κ1) is 13.0. The molecule has 0 saturated carbocycles. The van der Waals surface area contributed by atoms with Crippen molar-refractivity contribution in [2.45, 2.75) is 6.61 Å². The van der Waals surface area contributed by atoms with Crippen LogP contribution < -0.4 is 4.74 Å². The molecule has 0 spiro atoms. The average molecular weight is 262 g/mol. The topological polar surface area (TPSA) is 66.8 Å². The molecule has 5 heteroatoms. The zero-order valence-electron chi connectivity index (χ0n) is 9.84. The van der Waals surface area contributed by atoms with Gasteiger partial charge < -0.3 is 14.9 Å². The number of carboxylic acids is 1. The van der Waals surface area contributed by atoms with Gasteiger partial charge in [-0.3, -0.25) is 0 Å². The maximum atomic E-state index is 13.6. The fourth-order valence-corrected chi connectivity index (χ4v) is 1.61. The van der Waals surface area contributed by atoms with Gasteiger partial charge >= 0.3 is 5.97 Å². The summed E-state index contributed by atoms with van der Waals surface area (Å²) < 4.78 is 18.9. The fraction of sp³-hybridized carbons (Fsp3) is 0.0714. The van der Waals surface area contributed by atoms with E-state index in [1.54, 1.807) is 18.2 Å². The minimum absolute atomic E-state index is 0.180. The third-order valence-corrected chi connectivity index (χ3v) is 2.50. The molecule has 0 bridgehead atoms. The molecule has 0 aliphatic carbocycles. The molecule has 0 aromatic heterocycles. The van der Waals surface area contributed by atoms with Gasteiger partial charge in [0.25, 0.3) is 0 Å². The molecule has 98 valence electrons. The highest BCUT2D eigenvalue weighted by Crippen LogP contribution is 2.28. The maximum Gasteiger partial charge on any atom is 0.339 e. The Hall–Kier alpha value is -2.40. The number of aliphatic hydroxyl groups is 1. The van der Waals surface area contributed by atoms with Gasteiger partial charge in [-0.25, -0.2) is 9.18 Å². The minimum atomic E-state index is -1.27. The molecule has 0 aliphatic heterocycles. The van der Waals surface area contributed by atoms with E-state index in [0.29, 0.717) is 5.56 Å². The molecular formula is C14H11FO4. The van der Waals surface area contributed by atoms with E-state index >= 15 is 0 Å². The molecule has 0 heterocycles. The summed E-state index contributed by atoms with van der Waals surface area (Å²) in [4.78, 5) is 11.0. The van der Waals surface area contributed by atoms with Crippen molar-refractivity contribution in [2.24, 2.45) is 0 Å². The summed E-state index contributed by atoms with van der Waals surface area (Å²) in [6, 6.07) is 10.0. The van der Waals surface area contributed by atoms with Gasteiger partial charge in [-0.1, -0.05) is 18.2 Å². The summed E-state index contributed by atoms with van der Waals surface area (Å²) in [7, 11) is 0. The van der Waals surface area contributed by atoms with Crippen LogP contribution >= 0.6 is 0 Å². The third kappa shape index (κ3) is 2.89. The summed E-state index contributed by atoms with van der Waals surface area (Å²) in [6.45, 7) is -0.180. The maximum absolute atomic E-state index is 13.6. The summed E-state index contributed by atoms with van der Waals surface area (Å²) in [5, 5.41) is 18.0. The second-order valence-corrected chi connectivity index (χ2v) is 3.83. The Morgan fingerprint density at radius 1 is 1.21 bits per heavy atom. The van der Waals surface area contributed by atoms with Crippen LogP contribution in [-0.4, -0.2) is 16.2 Å². The van der Waals surface area contributed by atoms with E-state index in [1.165, 1.54) is 18.2 Å². The number of aromatic carboxylic acids is 1. The number of carboxylic acid groups (broad SMARTS) is 1. The summed E-state index contributed by atoms with van der Waals surface area (Å²) >= 11 is 0. The van der Waals surface area contributed by atoms with Crippen molar-refractivity contribution in [1.82, 2.24) is 0 Å². The molecule has 2 N–H and O–H groups in total. The SMILES string of the molecule is O=C(O)c1cccc(F)c1Oc1cccc(CO)c1. The van der Waals surface area contributed by atoms with Crippen molar-refractivity contribution in [1.29, 1.82) is 0 Å². The van der Waals surface area contributed by atoms with Gasteiger partial charge in [-0.05, 0) is 29.8 Å². The van der Waals surface area contributed by atoms with E-state index in [2.05, 4.69) is 0 Å². The van der Waals surface area contributed by atoms with Gasteiger partial charge in [0.15, 0.2) is 11.6 Å². The summed E-state index contributed by atoms with van der Waals surface area (Å²) in [5.41, 5.74) is 0.333. The molecule has 4 nitrogen and oxygen atoms in total. The zero-order chi connectivity index (χ0) is 13.8. The number of para-hydroxylation sites is 1. The van der Waals surface area contributed by atoms with E-state index in [-0.39, 0.29) is 23.7 Å². The molecule has 0 atom stereocenters. The van der Waals surface area contributed by atoms with E-state index in [4.69, 9.17) is 14.9 Å². The minimum Gasteiger partial charge on any atom is -0.478 e. The number of ether oxygens (including phenoxy) is 1. The molecule has 2 aromatic carbocycles. The second-order valence-electron chi connectivity index (χ2n) is 3.83. The number of carbonyl (C=O) groups is 1. The molecule has 2 aromatic rings. The number of benzene rings is 2. The molecule has 2 rings (SSSR count). The van der Waals surface area contributed by atoms with Crippen LogP contribution in [0.25, 0.3) is 0 Å². The van der Waals surface area contributed by atoms with E-state index in [1.807, 2.05) is 0 Å². The Bertz CT molecular complexity index is 610. The standard InChI is InChI=1S/C14H11FO4/c15-12-6-2-5-11(14(17)18)13(12)19-10-4-1-3-9(7-10)8-16/h1-7,16H,8H2,(H,17,18). The number of aliphatic hydroxyl groups excluding tert-OH is 1. The van der Waals surface area contributed by atoms with Crippen molar-refractivity contribution in [2.75, 3.05) is 0 Å². The highest BCUT2D eigenvalue weighted by Gasteiger charge is 2.16. The molecule has 19 heavy (non-hydrogen) atoms. The molecule has 0 amide bonds. The monoisotopic (exact) mass is 262 g/mol. The van der Waals surface area contributed by atoms with Crippen LogP contribution in [0, 0.1) is 5.82 Å². The Balaban J connectivity index is 2.40. The Labute approximate surface area is 108 Å². The smallest absolute Gasteiger partial charge is 0.339 e. The normalized spacial score (nSPS) is 10.2. The van der Waals surface area contributed by atoms with Crippen molar-refractivity contribution in [3.05, 3.63) is 59.4 Å². The quantitative estimate of drug-likeness (QED) is 0.889. The number of halogens is 1. The number of rotatable bonds is 4. The van der Waals surface area contributed by atoms with Crippen LogP contribution in [0.15, 0.2) is 42.5 Å². The number of hydrogen-bond donors (Lipinski definition) is 2. The lowest BCUT2D eigenvalue weighted by atomic mass is 10.2. The molecule has 0 fully saturated rings. The van der Waals surface area contributed by atoms with Crippen molar-refractivity contribution in [3.8, 4) is 11.5 Å². The Morgan fingerprint density at radius 2 is 1.95 bits per heavy atom. The summed E-state index contributed by atoms with van der Waals surface area (Å²) in [6.07, 6.45) is 0. The lowest BCUT2D eigenvalue weighted by Crippen LogP contribution is -2.02. The average Bonchev–Trinajstić information content (AvgIpc) is 2.41. The highest BCUT2D eigenvalue weighted by atomic mass is 19.1. The third-order valence-electron chi connectivity index (χ3n) is 2.50. The fourth-order valence-electron chi connectivity index (χ4n) is 1.61. The van der Waals surface area contributed by atoms with Crippen molar-refractivity contribution < 1.29 is 24.1 Å². The second kappa shape index (κ2) is 5.49. The predicted molar refractivity (Wildman–Crippen MR) is 65.8 cm³/mol. The van der Waals surface area contributed by atoms with Crippen LogP contribution in [0.2, 0.25) is 0 Å². The van der Waals surface area contributed by atoms with Gasteiger partial charge in [0, 0.05) is 0 Å². The van der Waals surface area contributed by atoms with Crippen molar-refractivity contribution in [3.63, 3.8) is 0 Å². The van der Waals surface area contributed by atoms with Gasteiger partial charge in [0.2, 0.25) is 0 Å². The van der Waals surface area contributed by atoms with Crippen LogP contribution in [0.4, 0.5) is 4.39 Å². The molecule has 0 saturated heterocycles. The first-order valence-corrected chi connectivity index (χ1v) is 5.51. The van der Waals surface area contributed by atoms with E-state index in [9.17, 15) is 9.18 Å². The van der Waals surface area contributed by atoms with Gasteiger partial charge in [0.1, 0.15) is 11.3 Å². The lowest BCUT2D eigenvalue weighted by Gasteiger charge is -2.10. The van der Waals surface area contributed by atoms with Crippen LogP contribution in [0.5, 0.6) is 11.5 Å². The highest BCUT2D eigenvalue weighted by molar-refractivity contribution is 5.91. The molecule has 0 radical (unpaired) electrons. The van der Waals surface area contributed by atoms with Crippen molar-refractivity contribution >= 4 is 5.97 Å². The first-order valence-electron chi connectivity index (χ1n) is 5.51. The van der Waals surface area contributed by atoms with Gasteiger partial charge in [0.05, 0.1) is 6.61 Å². The predicted octanol–water partition coefficient (Wildman–Crippen LogP) is 2.81. The molecule has 0 unspecified atom stereocenters.